The number of anilines is 1. The number of hydrogen-bond donors (Lipinski definition) is 2. The van der Waals surface area contributed by atoms with E-state index in [0.29, 0.717) is 6.54 Å². The number of hydrogen-bond acceptors (Lipinski definition) is 1. The molecule has 2 aromatic rings. The molecule has 0 fully saturated rings. The second kappa shape index (κ2) is 6.38. The van der Waals surface area contributed by atoms with Gasteiger partial charge >= 0.3 is 6.03 Å². The Bertz CT molecular complexity index is 549. The van der Waals surface area contributed by atoms with Crippen molar-refractivity contribution < 1.29 is 4.79 Å². The Morgan fingerprint density at radius 2 is 1.68 bits per heavy atom. The van der Waals surface area contributed by atoms with Crippen LogP contribution < -0.4 is 10.6 Å². The summed E-state index contributed by atoms with van der Waals surface area (Å²) in [5.41, 5.74) is 3.06. The Hall–Kier alpha value is -1.81. The lowest BCUT2D eigenvalue weighted by atomic mass is 10.1. The number of carbonyl (C=O) groups is 1. The molecule has 0 aromatic heterocycles. The topological polar surface area (TPSA) is 41.1 Å². The van der Waals surface area contributed by atoms with Crippen molar-refractivity contribution in [3.05, 3.63) is 64.1 Å². The predicted molar refractivity (Wildman–Crippen MR) is 81.2 cm³/mol. The van der Waals surface area contributed by atoms with Crippen LogP contribution in [-0.4, -0.2) is 6.03 Å². The number of halogens is 1. The van der Waals surface area contributed by atoms with Gasteiger partial charge in [0.1, 0.15) is 0 Å². The second-order valence-electron chi connectivity index (χ2n) is 4.30. The van der Waals surface area contributed by atoms with E-state index in [1.807, 2.05) is 55.5 Å². The van der Waals surface area contributed by atoms with Crippen LogP contribution >= 0.6 is 15.9 Å². The van der Waals surface area contributed by atoms with E-state index < -0.39 is 0 Å². The summed E-state index contributed by atoms with van der Waals surface area (Å²) in [5, 5.41) is 5.60. The van der Waals surface area contributed by atoms with Crippen LogP contribution in [0.3, 0.4) is 0 Å². The highest BCUT2D eigenvalue weighted by atomic mass is 79.9. The Morgan fingerprint density at radius 1 is 1.05 bits per heavy atom. The molecule has 19 heavy (non-hydrogen) atoms. The average Bonchev–Trinajstić information content (AvgIpc) is 2.41. The zero-order chi connectivity index (χ0) is 13.7. The monoisotopic (exact) mass is 318 g/mol. The number of nitrogens with one attached hydrogen (secondary N) is 2. The number of urea groups is 1. The van der Waals surface area contributed by atoms with E-state index in [1.54, 1.807) is 0 Å². The lowest BCUT2D eigenvalue weighted by molar-refractivity contribution is 0.251. The zero-order valence-corrected chi connectivity index (χ0v) is 12.2. The van der Waals surface area contributed by atoms with Gasteiger partial charge in [-0.3, -0.25) is 0 Å². The molecule has 0 aliphatic heterocycles. The minimum atomic E-state index is -0.206. The van der Waals surface area contributed by atoms with Gasteiger partial charge in [-0.2, -0.15) is 0 Å². The SMILES string of the molecule is Cc1ccc(CNC(=O)Nc2ccc(Br)cc2)cc1. The summed E-state index contributed by atoms with van der Waals surface area (Å²) < 4.78 is 0.984. The molecule has 2 rings (SSSR count). The van der Waals surface area contributed by atoms with E-state index >= 15 is 0 Å². The van der Waals surface area contributed by atoms with Crippen molar-refractivity contribution in [1.82, 2.24) is 5.32 Å². The van der Waals surface area contributed by atoms with Gasteiger partial charge in [-0.1, -0.05) is 45.8 Å². The first-order chi connectivity index (χ1) is 9.13. The average molecular weight is 319 g/mol. The fourth-order valence-electron chi connectivity index (χ4n) is 1.60. The molecule has 0 radical (unpaired) electrons. The summed E-state index contributed by atoms with van der Waals surface area (Å²) in [6, 6.07) is 15.3. The highest BCUT2D eigenvalue weighted by Gasteiger charge is 2.01. The molecule has 0 aliphatic carbocycles. The van der Waals surface area contributed by atoms with Crippen LogP contribution in [0.5, 0.6) is 0 Å². The van der Waals surface area contributed by atoms with Gasteiger partial charge in [0.25, 0.3) is 0 Å². The first-order valence-electron chi connectivity index (χ1n) is 5.99. The number of rotatable bonds is 3. The molecule has 2 aromatic carbocycles. The minimum absolute atomic E-state index is 0.206. The van der Waals surface area contributed by atoms with Crippen LogP contribution in [0.4, 0.5) is 10.5 Å². The lowest BCUT2D eigenvalue weighted by Gasteiger charge is -2.08. The summed E-state index contributed by atoms with van der Waals surface area (Å²) in [4.78, 5) is 11.7. The molecule has 0 bridgehead atoms. The zero-order valence-electron chi connectivity index (χ0n) is 10.6. The number of amides is 2. The molecule has 2 amide bonds. The predicted octanol–water partition coefficient (Wildman–Crippen LogP) is 4.08. The Kier molecular flexibility index (Phi) is 4.58. The van der Waals surface area contributed by atoms with Gasteiger partial charge in [0.2, 0.25) is 0 Å². The maximum absolute atomic E-state index is 11.7. The van der Waals surface area contributed by atoms with E-state index in [-0.39, 0.29) is 6.03 Å². The smallest absolute Gasteiger partial charge is 0.319 e. The summed E-state index contributed by atoms with van der Waals surface area (Å²) in [6.07, 6.45) is 0. The van der Waals surface area contributed by atoms with Gasteiger partial charge in [-0.25, -0.2) is 4.79 Å². The molecule has 2 N–H and O–H groups in total. The summed E-state index contributed by atoms with van der Waals surface area (Å²) in [6.45, 7) is 2.56. The van der Waals surface area contributed by atoms with Gasteiger partial charge in [0.15, 0.2) is 0 Å². The van der Waals surface area contributed by atoms with Crippen molar-refractivity contribution in [2.75, 3.05) is 5.32 Å². The normalized spacial score (nSPS) is 10.0. The lowest BCUT2D eigenvalue weighted by Crippen LogP contribution is -2.28. The molecule has 0 unspecified atom stereocenters. The number of benzene rings is 2. The molecule has 0 aliphatic rings. The van der Waals surface area contributed by atoms with E-state index in [1.165, 1.54) is 5.56 Å². The standard InChI is InChI=1S/C15H15BrN2O/c1-11-2-4-12(5-3-11)10-17-15(19)18-14-8-6-13(16)7-9-14/h2-9H,10H2,1H3,(H2,17,18,19). The molecule has 98 valence electrons. The van der Waals surface area contributed by atoms with Gasteiger partial charge in [-0.15, -0.1) is 0 Å². The summed E-state index contributed by atoms with van der Waals surface area (Å²) >= 11 is 3.35. The molecule has 0 spiro atoms. The molecule has 0 saturated heterocycles. The van der Waals surface area contributed by atoms with Gasteiger partial charge in [0.05, 0.1) is 0 Å². The second-order valence-corrected chi connectivity index (χ2v) is 5.22. The van der Waals surface area contributed by atoms with E-state index in [4.69, 9.17) is 0 Å². The first-order valence-corrected chi connectivity index (χ1v) is 6.79. The molecule has 0 heterocycles. The minimum Gasteiger partial charge on any atom is -0.334 e. The Labute approximate surface area is 121 Å². The molecule has 3 nitrogen and oxygen atoms in total. The maximum atomic E-state index is 11.7. The van der Waals surface area contributed by atoms with Crippen LogP contribution in [0.15, 0.2) is 53.0 Å². The van der Waals surface area contributed by atoms with Gasteiger partial charge < -0.3 is 10.6 Å². The van der Waals surface area contributed by atoms with E-state index in [9.17, 15) is 4.79 Å². The van der Waals surface area contributed by atoms with Crippen LogP contribution in [-0.2, 0) is 6.54 Å². The van der Waals surface area contributed by atoms with E-state index in [2.05, 4.69) is 26.6 Å². The third-order valence-electron chi connectivity index (χ3n) is 2.68. The third-order valence-corrected chi connectivity index (χ3v) is 3.20. The molecule has 0 saturated carbocycles. The largest absolute Gasteiger partial charge is 0.334 e. The highest BCUT2D eigenvalue weighted by molar-refractivity contribution is 9.10. The van der Waals surface area contributed by atoms with Crippen molar-refractivity contribution in [3.8, 4) is 0 Å². The highest BCUT2D eigenvalue weighted by Crippen LogP contribution is 2.13. The van der Waals surface area contributed by atoms with Crippen LogP contribution in [0.2, 0.25) is 0 Å². The quantitative estimate of drug-likeness (QED) is 0.879. The molecular weight excluding hydrogens is 304 g/mol. The fourth-order valence-corrected chi connectivity index (χ4v) is 1.86. The maximum Gasteiger partial charge on any atom is 0.319 e. The summed E-state index contributed by atoms with van der Waals surface area (Å²) in [5.74, 6) is 0. The van der Waals surface area contributed by atoms with Crippen molar-refractivity contribution >= 4 is 27.6 Å². The Balaban J connectivity index is 1.84. The molecule has 0 atom stereocenters. The van der Waals surface area contributed by atoms with Crippen molar-refractivity contribution in [2.24, 2.45) is 0 Å². The van der Waals surface area contributed by atoms with Gasteiger partial charge in [-0.05, 0) is 36.8 Å². The van der Waals surface area contributed by atoms with Crippen molar-refractivity contribution in [1.29, 1.82) is 0 Å². The summed E-state index contributed by atoms with van der Waals surface area (Å²) in [7, 11) is 0. The molecule has 4 heteroatoms. The number of aryl methyl sites for hydroxylation is 1. The third kappa shape index (κ3) is 4.41. The Morgan fingerprint density at radius 3 is 2.32 bits per heavy atom. The number of carbonyl (C=O) groups excluding carboxylic acids is 1. The first kappa shape index (κ1) is 13.6. The van der Waals surface area contributed by atoms with Crippen LogP contribution in [0.1, 0.15) is 11.1 Å². The van der Waals surface area contributed by atoms with Crippen LogP contribution in [0.25, 0.3) is 0 Å². The molecular formula is C15H15BrN2O. The van der Waals surface area contributed by atoms with Crippen LogP contribution in [0, 0.1) is 6.92 Å². The fraction of sp³-hybridized carbons (Fsp3) is 0.133. The van der Waals surface area contributed by atoms with Gasteiger partial charge in [0, 0.05) is 16.7 Å². The van der Waals surface area contributed by atoms with Crippen molar-refractivity contribution in [2.45, 2.75) is 13.5 Å². The van der Waals surface area contributed by atoms with Crippen molar-refractivity contribution in [3.63, 3.8) is 0 Å². The van der Waals surface area contributed by atoms with E-state index in [0.717, 1.165) is 15.7 Å².